The average Bonchev–Trinajstić information content (AvgIpc) is 3.55. The lowest BCUT2D eigenvalue weighted by Crippen LogP contribution is -2.57. The standard InChI is InChI=1S/C48H27BO3/c1-2-12-29-27-44-37(25-28(29)11-1)36-26-30(21-23-40(36)50-44)45-31-13-3-5-15-33(31)46(34-16-6-4-14-32(34)45)35-22-24-43-47-48(35)52-42-20-10-8-18-39(42)49(47)38-17-7-9-19-41(38)51-43/h1-27H. The normalized spacial score (nSPS) is 12.9. The summed E-state index contributed by atoms with van der Waals surface area (Å²) in [6.45, 7) is 0.00489. The smallest absolute Gasteiger partial charge is 0.260 e. The molecule has 0 saturated heterocycles. The second-order valence-corrected chi connectivity index (χ2v) is 13.9. The van der Waals surface area contributed by atoms with Gasteiger partial charge in [0.2, 0.25) is 0 Å². The molecule has 12 rings (SSSR count). The Kier molecular flexibility index (Phi) is 5.58. The summed E-state index contributed by atoms with van der Waals surface area (Å²) in [5.74, 6) is 3.48. The molecule has 1 aromatic heterocycles. The maximum Gasteiger partial charge on any atom is 0.260 e. The van der Waals surface area contributed by atoms with Crippen molar-refractivity contribution in [3.05, 3.63) is 164 Å². The van der Waals surface area contributed by atoms with Gasteiger partial charge in [0.05, 0.1) is 0 Å². The van der Waals surface area contributed by atoms with Crippen molar-refractivity contribution in [2.45, 2.75) is 0 Å². The number of rotatable bonds is 2. The quantitative estimate of drug-likeness (QED) is 0.136. The van der Waals surface area contributed by atoms with E-state index in [-0.39, 0.29) is 6.71 Å². The Labute approximate surface area is 299 Å². The number of para-hydroxylation sites is 2. The highest BCUT2D eigenvalue weighted by atomic mass is 16.5. The Hall–Kier alpha value is -6.78. The van der Waals surface area contributed by atoms with Crippen LogP contribution in [0, 0.1) is 0 Å². The fourth-order valence-electron chi connectivity index (χ4n) is 8.93. The van der Waals surface area contributed by atoms with Crippen molar-refractivity contribution >= 4 is 77.4 Å². The van der Waals surface area contributed by atoms with E-state index in [1.807, 2.05) is 6.07 Å². The van der Waals surface area contributed by atoms with Crippen molar-refractivity contribution in [1.29, 1.82) is 0 Å². The van der Waals surface area contributed by atoms with Gasteiger partial charge in [-0.25, -0.2) is 0 Å². The van der Waals surface area contributed by atoms with E-state index in [2.05, 4.69) is 158 Å². The van der Waals surface area contributed by atoms with Gasteiger partial charge in [-0.2, -0.15) is 0 Å². The number of fused-ring (bicyclic) bond motifs is 10. The van der Waals surface area contributed by atoms with Crippen LogP contribution in [0.2, 0.25) is 0 Å². The van der Waals surface area contributed by atoms with Crippen LogP contribution < -0.4 is 25.9 Å². The molecule has 9 aromatic carbocycles. The van der Waals surface area contributed by atoms with E-state index in [0.717, 1.165) is 78.0 Å². The third kappa shape index (κ3) is 3.81. The van der Waals surface area contributed by atoms with Gasteiger partial charge >= 0.3 is 0 Å². The molecular weight excluding hydrogens is 635 g/mol. The monoisotopic (exact) mass is 662 g/mol. The second-order valence-electron chi connectivity index (χ2n) is 13.9. The minimum atomic E-state index is 0.00489. The van der Waals surface area contributed by atoms with Crippen molar-refractivity contribution in [1.82, 2.24) is 0 Å². The third-order valence-electron chi connectivity index (χ3n) is 11.2. The summed E-state index contributed by atoms with van der Waals surface area (Å²) in [7, 11) is 0. The Bertz CT molecular complexity index is 3090. The van der Waals surface area contributed by atoms with Crippen molar-refractivity contribution in [2.24, 2.45) is 0 Å². The molecule has 0 amide bonds. The molecular formula is C48H27BO3. The zero-order chi connectivity index (χ0) is 33.9. The molecule has 2 aliphatic heterocycles. The number of hydrogen-bond donors (Lipinski definition) is 0. The van der Waals surface area contributed by atoms with Gasteiger partial charge in [-0.05, 0) is 103 Å². The summed E-state index contributed by atoms with van der Waals surface area (Å²) in [6.07, 6.45) is 0. The summed E-state index contributed by atoms with van der Waals surface area (Å²) in [4.78, 5) is 0. The van der Waals surface area contributed by atoms with E-state index in [9.17, 15) is 0 Å². The van der Waals surface area contributed by atoms with Gasteiger partial charge in [-0.1, -0.05) is 115 Å². The molecule has 0 unspecified atom stereocenters. The lowest BCUT2D eigenvalue weighted by molar-refractivity contribution is 0.465. The topological polar surface area (TPSA) is 31.6 Å². The largest absolute Gasteiger partial charge is 0.458 e. The molecule has 0 radical (unpaired) electrons. The lowest BCUT2D eigenvalue weighted by atomic mass is 9.34. The lowest BCUT2D eigenvalue weighted by Gasteiger charge is -2.34. The van der Waals surface area contributed by atoms with E-state index < -0.39 is 0 Å². The molecule has 0 bridgehead atoms. The maximum atomic E-state index is 6.96. The molecule has 0 fully saturated rings. The molecule has 0 N–H and O–H groups in total. The van der Waals surface area contributed by atoms with E-state index in [4.69, 9.17) is 13.9 Å². The first-order valence-corrected chi connectivity index (χ1v) is 17.8. The zero-order valence-electron chi connectivity index (χ0n) is 27.9. The fraction of sp³-hybridized carbons (Fsp3) is 0. The first-order chi connectivity index (χ1) is 25.8. The number of ether oxygens (including phenoxy) is 2. The van der Waals surface area contributed by atoms with Crippen LogP contribution in [0.5, 0.6) is 23.0 Å². The van der Waals surface area contributed by atoms with Gasteiger partial charge in [-0.15, -0.1) is 0 Å². The van der Waals surface area contributed by atoms with E-state index in [0.29, 0.717) is 0 Å². The van der Waals surface area contributed by atoms with Gasteiger partial charge in [0, 0.05) is 27.4 Å². The molecule has 0 aliphatic carbocycles. The van der Waals surface area contributed by atoms with Crippen LogP contribution in [0.3, 0.4) is 0 Å². The summed E-state index contributed by atoms with van der Waals surface area (Å²) in [5, 5.41) is 9.35. The SMILES string of the molecule is c1ccc2c(c1)Oc1ccc(-c3c4ccccc4c(-c4ccc5oc6cc7ccccc7cc6c5c4)c4ccccc34)c3c1B2c1ccccc1O3. The molecule has 4 heteroatoms. The van der Waals surface area contributed by atoms with E-state index in [1.165, 1.54) is 37.9 Å². The van der Waals surface area contributed by atoms with Gasteiger partial charge in [-0.3, -0.25) is 0 Å². The Morgan fingerprint density at radius 3 is 1.67 bits per heavy atom. The van der Waals surface area contributed by atoms with Crippen LogP contribution in [0.25, 0.3) is 76.5 Å². The van der Waals surface area contributed by atoms with Crippen molar-refractivity contribution in [3.63, 3.8) is 0 Å². The first-order valence-electron chi connectivity index (χ1n) is 17.8. The summed E-state index contributed by atoms with van der Waals surface area (Å²) >= 11 is 0. The van der Waals surface area contributed by atoms with Gasteiger partial charge in [0.25, 0.3) is 6.71 Å². The minimum absolute atomic E-state index is 0.00489. The molecule has 0 atom stereocenters. The van der Waals surface area contributed by atoms with Gasteiger partial charge < -0.3 is 13.9 Å². The molecule has 0 spiro atoms. The van der Waals surface area contributed by atoms with Crippen LogP contribution >= 0.6 is 0 Å². The number of benzene rings is 9. The first kappa shape index (κ1) is 28.0. The Balaban J connectivity index is 1.14. The van der Waals surface area contributed by atoms with Crippen LogP contribution in [0.1, 0.15) is 0 Å². The molecule has 3 heterocycles. The minimum Gasteiger partial charge on any atom is -0.458 e. The van der Waals surface area contributed by atoms with Crippen molar-refractivity contribution in [3.8, 4) is 45.3 Å². The Morgan fingerprint density at radius 1 is 0.385 bits per heavy atom. The van der Waals surface area contributed by atoms with E-state index >= 15 is 0 Å². The fourth-order valence-corrected chi connectivity index (χ4v) is 8.93. The molecule has 52 heavy (non-hydrogen) atoms. The predicted octanol–water partition coefficient (Wildman–Crippen LogP) is 11.1. The highest BCUT2D eigenvalue weighted by molar-refractivity contribution is 6.98. The van der Waals surface area contributed by atoms with Crippen molar-refractivity contribution < 1.29 is 13.9 Å². The summed E-state index contributed by atoms with van der Waals surface area (Å²) in [6, 6.07) is 58.3. The van der Waals surface area contributed by atoms with Crippen LogP contribution in [-0.4, -0.2) is 6.71 Å². The van der Waals surface area contributed by atoms with Crippen LogP contribution in [0.4, 0.5) is 0 Å². The zero-order valence-corrected chi connectivity index (χ0v) is 27.9. The maximum absolute atomic E-state index is 6.96. The number of furan rings is 1. The van der Waals surface area contributed by atoms with Crippen LogP contribution in [0.15, 0.2) is 168 Å². The second kappa shape index (κ2) is 10.4. The highest BCUT2D eigenvalue weighted by Gasteiger charge is 2.41. The Morgan fingerprint density at radius 2 is 0.962 bits per heavy atom. The molecule has 240 valence electrons. The molecule has 3 nitrogen and oxygen atoms in total. The summed E-state index contributed by atoms with van der Waals surface area (Å²) < 4.78 is 19.9. The van der Waals surface area contributed by atoms with Crippen LogP contribution in [-0.2, 0) is 0 Å². The van der Waals surface area contributed by atoms with E-state index in [1.54, 1.807) is 0 Å². The molecule has 2 aliphatic rings. The number of hydrogen-bond acceptors (Lipinski definition) is 3. The third-order valence-corrected chi connectivity index (χ3v) is 11.2. The van der Waals surface area contributed by atoms with Crippen molar-refractivity contribution in [2.75, 3.05) is 0 Å². The predicted molar refractivity (Wildman–Crippen MR) is 215 cm³/mol. The average molecular weight is 663 g/mol. The molecule has 0 saturated carbocycles. The van der Waals surface area contributed by atoms with Gasteiger partial charge in [0.1, 0.15) is 34.2 Å². The summed E-state index contributed by atoms with van der Waals surface area (Å²) in [5.41, 5.74) is 9.77. The highest BCUT2D eigenvalue weighted by Crippen LogP contribution is 2.49. The van der Waals surface area contributed by atoms with Gasteiger partial charge in [0.15, 0.2) is 0 Å². The molecule has 10 aromatic rings.